The number of amides is 2. The van der Waals surface area contributed by atoms with Crippen molar-refractivity contribution in [2.75, 3.05) is 19.6 Å². The van der Waals surface area contributed by atoms with E-state index in [2.05, 4.69) is 15.3 Å². The lowest BCUT2D eigenvalue weighted by atomic mass is 9.97. The highest BCUT2D eigenvalue weighted by molar-refractivity contribution is 6.30. The van der Waals surface area contributed by atoms with Gasteiger partial charge in [-0.2, -0.15) is 0 Å². The van der Waals surface area contributed by atoms with Gasteiger partial charge >= 0.3 is 0 Å². The number of carbonyl (C=O) groups is 2. The van der Waals surface area contributed by atoms with Gasteiger partial charge in [-0.3, -0.25) is 19.4 Å². The van der Waals surface area contributed by atoms with Gasteiger partial charge in [-0.15, -0.1) is 0 Å². The molecule has 2 N–H and O–H groups in total. The van der Waals surface area contributed by atoms with Gasteiger partial charge in [-0.1, -0.05) is 17.7 Å². The second kappa shape index (κ2) is 9.50. The molecule has 1 saturated heterocycles. The van der Waals surface area contributed by atoms with Crippen LogP contribution in [0.2, 0.25) is 5.02 Å². The number of carbonyl (C=O) groups excluding carboxylic acids is 2. The van der Waals surface area contributed by atoms with Crippen LogP contribution in [0.3, 0.4) is 0 Å². The summed E-state index contributed by atoms with van der Waals surface area (Å²) in [5, 5.41) is 2.97. The zero-order valence-corrected chi connectivity index (χ0v) is 16.2. The van der Waals surface area contributed by atoms with Gasteiger partial charge in [0.15, 0.2) is 0 Å². The second-order valence-corrected chi connectivity index (χ2v) is 7.40. The number of H-pyrrole nitrogens is 1. The SMILES string of the molecule is O=C(CCc1cccnc1)NCC1CCCN(C(=O)c2c[nH]c(=O)c(Cl)c2)C1. The van der Waals surface area contributed by atoms with E-state index in [4.69, 9.17) is 11.6 Å². The fourth-order valence-corrected chi connectivity index (χ4v) is 3.50. The van der Waals surface area contributed by atoms with Crippen LogP contribution in [0.5, 0.6) is 0 Å². The Kier molecular flexibility index (Phi) is 6.81. The number of pyridine rings is 2. The van der Waals surface area contributed by atoms with Crippen LogP contribution < -0.4 is 10.9 Å². The first-order valence-corrected chi connectivity index (χ1v) is 9.74. The van der Waals surface area contributed by atoms with Gasteiger partial charge in [0.2, 0.25) is 5.91 Å². The minimum absolute atomic E-state index is 0.000260. The molecule has 0 aliphatic carbocycles. The average Bonchev–Trinajstić information content (AvgIpc) is 2.73. The van der Waals surface area contributed by atoms with E-state index in [0.29, 0.717) is 38.0 Å². The zero-order valence-electron chi connectivity index (χ0n) is 15.5. The fraction of sp³-hybridized carbons (Fsp3) is 0.400. The number of likely N-dealkylation sites (tertiary alicyclic amines) is 1. The van der Waals surface area contributed by atoms with E-state index in [-0.39, 0.29) is 22.8 Å². The Morgan fingerprint density at radius 1 is 1.39 bits per heavy atom. The number of rotatable bonds is 6. The van der Waals surface area contributed by atoms with E-state index >= 15 is 0 Å². The molecule has 1 fully saturated rings. The van der Waals surface area contributed by atoms with Crippen LogP contribution in [-0.4, -0.2) is 46.3 Å². The van der Waals surface area contributed by atoms with Gasteiger partial charge in [0.1, 0.15) is 5.02 Å². The van der Waals surface area contributed by atoms with Crippen LogP contribution in [0.4, 0.5) is 0 Å². The van der Waals surface area contributed by atoms with Gasteiger partial charge in [0.25, 0.3) is 11.5 Å². The first-order chi connectivity index (χ1) is 13.5. The summed E-state index contributed by atoms with van der Waals surface area (Å²) in [4.78, 5) is 44.4. The minimum atomic E-state index is -0.413. The molecule has 0 radical (unpaired) electrons. The highest BCUT2D eigenvalue weighted by atomic mass is 35.5. The Bertz CT molecular complexity index is 885. The Labute approximate surface area is 168 Å². The topological polar surface area (TPSA) is 95.2 Å². The van der Waals surface area contributed by atoms with Crippen molar-refractivity contribution in [2.24, 2.45) is 5.92 Å². The number of aromatic amines is 1. The summed E-state index contributed by atoms with van der Waals surface area (Å²) < 4.78 is 0. The second-order valence-electron chi connectivity index (χ2n) is 6.99. The summed E-state index contributed by atoms with van der Waals surface area (Å²) in [5.74, 6) is 0.0451. The lowest BCUT2D eigenvalue weighted by Gasteiger charge is -2.33. The van der Waals surface area contributed by atoms with Crippen molar-refractivity contribution in [3.8, 4) is 0 Å². The Morgan fingerprint density at radius 2 is 2.25 bits per heavy atom. The monoisotopic (exact) mass is 402 g/mol. The summed E-state index contributed by atoms with van der Waals surface area (Å²) in [6.07, 6.45) is 7.76. The van der Waals surface area contributed by atoms with Gasteiger partial charge < -0.3 is 15.2 Å². The first kappa shape index (κ1) is 20.1. The first-order valence-electron chi connectivity index (χ1n) is 9.36. The van der Waals surface area contributed by atoms with Crippen LogP contribution >= 0.6 is 11.6 Å². The number of aromatic nitrogens is 2. The van der Waals surface area contributed by atoms with Gasteiger partial charge in [-0.05, 0) is 42.9 Å². The average molecular weight is 403 g/mol. The number of aryl methyl sites for hydroxylation is 1. The van der Waals surface area contributed by atoms with Crippen molar-refractivity contribution in [3.05, 3.63) is 63.3 Å². The molecule has 0 spiro atoms. The van der Waals surface area contributed by atoms with E-state index in [1.807, 2.05) is 12.1 Å². The minimum Gasteiger partial charge on any atom is -0.356 e. The molecule has 1 atom stereocenters. The zero-order chi connectivity index (χ0) is 19.9. The molecule has 28 heavy (non-hydrogen) atoms. The maximum absolute atomic E-state index is 12.7. The number of halogens is 1. The van der Waals surface area contributed by atoms with Crippen molar-refractivity contribution in [2.45, 2.75) is 25.7 Å². The molecule has 1 unspecified atom stereocenters. The summed E-state index contributed by atoms with van der Waals surface area (Å²) in [7, 11) is 0. The molecule has 0 saturated carbocycles. The molecular formula is C20H23ClN4O3. The van der Waals surface area contributed by atoms with Crippen molar-refractivity contribution in [3.63, 3.8) is 0 Å². The number of hydrogen-bond acceptors (Lipinski definition) is 4. The molecule has 1 aliphatic heterocycles. The maximum Gasteiger partial charge on any atom is 0.266 e. The Hall–Kier alpha value is -2.67. The molecule has 8 heteroatoms. The summed E-state index contributed by atoms with van der Waals surface area (Å²) in [6, 6.07) is 5.21. The number of nitrogens with one attached hydrogen (secondary N) is 2. The molecule has 7 nitrogen and oxygen atoms in total. The van der Waals surface area contributed by atoms with E-state index in [0.717, 1.165) is 18.4 Å². The third kappa shape index (κ3) is 5.42. The van der Waals surface area contributed by atoms with Gasteiger partial charge in [0.05, 0.1) is 5.56 Å². The molecule has 3 rings (SSSR count). The van der Waals surface area contributed by atoms with Gasteiger partial charge in [-0.25, -0.2) is 0 Å². The quantitative estimate of drug-likeness (QED) is 0.772. The smallest absolute Gasteiger partial charge is 0.266 e. The van der Waals surface area contributed by atoms with E-state index in [1.54, 1.807) is 17.3 Å². The summed E-state index contributed by atoms with van der Waals surface area (Å²) >= 11 is 5.82. The molecule has 0 bridgehead atoms. The molecular weight excluding hydrogens is 380 g/mol. The van der Waals surface area contributed by atoms with Crippen LogP contribution in [0.1, 0.15) is 35.2 Å². The molecule has 2 aromatic rings. The molecule has 3 heterocycles. The van der Waals surface area contributed by atoms with Crippen LogP contribution in [0.15, 0.2) is 41.6 Å². The van der Waals surface area contributed by atoms with Crippen molar-refractivity contribution in [1.82, 2.24) is 20.2 Å². The van der Waals surface area contributed by atoms with E-state index in [9.17, 15) is 14.4 Å². The fourth-order valence-electron chi connectivity index (χ4n) is 3.33. The third-order valence-electron chi connectivity index (χ3n) is 4.86. The predicted octanol–water partition coefficient (Wildman–Crippen LogP) is 2.02. The molecule has 0 aromatic carbocycles. The van der Waals surface area contributed by atoms with Crippen molar-refractivity contribution < 1.29 is 9.59 Å². The standard InChI is InChI=1S/C20H23ClN4O3/c21-17-9-16(12-24-19(17)27)20(28)25-8-2-4-15(13-25)11-23-18(26)6-5-14-3-1-7-22-10-14/h1,3,7,9-10,12,15H,2,4-6,8,11,13H2,(H,23,26)(H,24,27). The summed E-state index contributed by atoms with van der Waals surface area (Å²) in [6.45, 7) is 1.77. The van der Waals surface area contributed by atoms with Crippen molar-refractivity contribution >= 4 is 23.4 Å². The number of piperidine rings is 1. The normalized spacial score (nSPS) is 16.6. The molecule has 148 valence electrons. The van der Waals surface area contributed by atoms with E-state index in [1.165, 1.54) is 12.3 Å². The lowest BCUT2D eigenvalue weighted by Crippen LogP contribution is -2.43. The lowest BCUT2D eigenvalue weighted by molar-refractivity contribution is -0.121. The highest BCUT2D eigenvalue weighted by Gasteiger charge is 2.25. The maximum atomic E-state index is 12.7. The largest absolute Gasteiger partial charge is 0.356 e. The van der Waals surface area contributed by atoms with Crippen LogP contribution in [-0.2, 0) is 11.2 Å². The van der Waals surface area contributed by atoms with Crippen molar-refractivity contribution in [1.29, 1.82) is 0 Å². The summed E-state index contributed by atoms with van der Waals surface area (Å²) in [5.41, 5.74) is 0.987. The van der Waals surface area contributed by atoms with Crippen LogP contribution in [0, 0.1) is 5.92 Å². The Balaban J connectivity index is 1.47. The van der Waals surface area contributed by atoms with E-state index < -0.39 is 5.56 Å². The molecule has 2 aromatic heterocycles. The highest BCUT2D eigenvalue weighted by Crippen LogP contribution is 2.18. The van der Waals surface area contributed by atoms with Crippen LogP contribution in [0.25, 0.3) is 0 Å². The number of hydrogen-bond donors (Lipinski definition) is 2. The Morgan fingerprint density at radius 3 is 3.00 bits per heavy atom. The predicted molar refractivity (Wildman–Crippen MR) is 106 cm³/mol. The van der Waals surface area contributed by atoms with Gasteiger partial charge in [0, 0.05) is 44.6 Å². The molecule has 1 aliphatic rings. The third-order valence-corrected chi connectivity index (χ3v) is 5.14. The molecule has 2 amide bonds. The number of nitrogens with zero attached hydrogens (tertiary/aromatic N) is 2.